The van der Waals surface area contributed by atoms with Crippen molar-refractivity contribution in [2.75, 3.05) is 5.32 Å². The van der Waals surface area contributed by atoms with Crippen molar-refractivity contribution in [3.05, 3.63) is 72.7 Å². The van der Waals surface area contributed by atoms with Crippen molar-refractivity contribution in [3.8, 4) is 10.6 Å². The third kappa shape index (κ3) is 3.79. The van der Waals surface area contributed by atoms with Crippen molar-refractivity contribution in [3.63, 3.8) is 0 Å². The van der Waals surface area contributed by atoms with Crippen molar-refractivity contribution < 1.29 is 14.0 Å². The van der Waals surface area contributed by atoms with E-state index >= 15 is 0 Å². The average Bonchev–Trinajstić information content (AvgIpc) is 3.38. The second kappa shape index (κ2) is 7.66. The number of benzene rings is 2. The lowest BCUT2D eigenvalue weighted by atomic mass is 10.2. The molecule has 0 saturated carbocycles. The van der Waals surface area contributed by atoms with Crippen molar-refractivity contribution in [1.82, 2.24) is 10.3 Å². The van der Waals surface area contributed by atoms with Gasteiger partial charge in [-0.15, -0.1) is 11.3 Å². The van der Waals surface area contributed by atoms with E-state index in [4.69, 9.17) is 4.42 Å². The third-order valence-corrected chi connectivity index (χ3v) is 5.26. The zero-order chi connectivity index (χ0) is 19.5. The van der Waals surface area contributed by atoms with Gasteiger partial charge >= 0.3 is 0 Å². The van der Waals surface area contributed by atoms with Gasteiger partial charge in [0.1, 0.15) is 11.0 Å². The van der Waals surface area contributed by atoms with Crippen molar-refractivity contribution in [2.24, 2.45) is 0 Å². The molecule has 2 N–H and O–H groups in total. The van der Waals surface area contributed by atoms with E-state index in [0.29, 0.717) is 5.69 Å². The molecule has 28 heavy (non-hydrogen) atoms. The summed E-state index contributed by atoms with van der Waals surface area (Å²) in [6.07, 6.45) is 1.41. The molecule has 2 heterocycles. The molecular formula is C21H17N3O3S. The highest BCUT2D eigenvalue weighted by Gasteiger charge is 2.18. The summed E-state index contributed by atoms with van der Waals surface area (Å²) in [6.45, 7) is 1.62. The fourth-order valence-corrected chi connectivity index (χ4v) is 3.65. The number of fused-ring (bicyclic) bond motifs is 1. The molecule has 0 bridgehead atoms. The Hall–Kier alpha value is -3.45. The summed E-state index contributed by atoms with van der Waals surface area (Å²) in [6, 6.07) is 17.9. The summed E-state index contributed by atoms with van der Waals surface area (Å²) in [5, 5.41) is 6.33. The Morgan fingerprint density at radius 3 is 2.54 bits per heavy atom. The topological polar surface area (TPSA) is 84.2 Å². The highest BCUT2D eigenvalue weighted by atomic mass is 32.1. The Labute approximate surface area is 165 Å². The first kappa shape index (κ1) is 17.9. The normalized spacial score (nSPS) is 11.9. The second-order valence-corrected chi connectivity index (χ2v) is 7.26. The van der Waals surface area contributed by atoms with Gasteiger partial charge < -0.3 is 15.1 Å². The van der Waals surface area contributed by atoms with Crippen molar-refractivity contribution >= 4 is 39.1 Å². The molecule has 1 unspecified atom stereocenters. The molecule has 0 aliphatic rings. The van der Waals surface area contributed by atoms with E-state index in [0.717, 1.165) is 20.8 Å². The number of carbonyl (C=O) groups is 2. The number of nitrogens with one attached hydrogen (secondary N) is 2. The first-order valence-electron chi connectivity index (χ1n) is 8.71. The Bertz CT molecular complexity index is 1080. The number of anilines is 1. The van der Waals surface area contributed by atoms with Gasteiger partial charge in [-0.1, -0.05) is 12.1 Å². The highest BCUT2D eigenvalue weighted by molar-refractivity contribution is 7.21. The number of furan rings is 1. The number of nitrogens with zero attached hydrogens (tertiary/aromatic N) is 1. The molecule has 1 atom stereocenters. The lowest BCUT2D eigenvalue weighted by Gasteiger charge is -2.13. The number of hydrogen-bond donors (Lipinski definition) is 2. The van der Waals surface area contributed by atoms with E-state index in [2.05, 4.69) is 15.6 Å². The van der Waals surface area contributed by atoms with E-state index in [1.165, 1.54) is 6.26 Å². The third-order valence-electron chi connectivity index (χ3n) is 4.18. The lowest BCUT2D eigenvalue weighted by Crippen LogP contribution is -2.41. The molecule has 2 aromatic heterocycles. The first-order chi connectivity index (χ1) is 13.6. The standard InChI is InChI=1S/C21H17N3O3S/c1-13(22-20(26)17-6-4-12-27-17)19(25)23-15-10-8-14(9-11-15)21-24-16-5-2-3-7-18(16)28-21/h2-13H,1H3,(H,22,26)(H,23,25). The average molecular weight is 391 g/mol. The number of amides is 2. The summed E-state index contributed by atoms with van der Waals surface area (Å²) < 4.78 is 6.16. The second-order valence-electron chi connectivity index (χ2n) is 6.23. The number of para-hydroxylation sites is 1. The molecule has 0 saturated heterocycles. The quantitative estimate of drug-likeness (QED) is 0.531. The van der Waals surface area contributed by atoms with Crippen molar-refractivity contribution in [2.45, 2.75) is 13.0 Å². The molecule has 2 amide bonds. The van der Waals surface area contributed by atoms with Gasteiger partial charge in [0, 0.05) is 11.3 Å². The minimum atomic E-state index is -0.707. The van der Waals surface area contributed by atoms with Gasteiger partial charge in [-0.05, 0) is 55.5 Å². The molecule has 0 fully saturated rings. The molecule has 4 aromatic rings. The molecule has 0 spiro atoms. The minimum Gasteiger partial charge on any atom is -0.459 e. The van der Waals surface area contributed by atoms with Gasteiger partial charge in [0.15, 0.2) is 5.76 Å². The van der Waals surface area contributed by atoms with Crippen LogP contribution in [0.4, 0.5) is 5.69 Å². The van der Waals surface area contributed by atoms with Crippen LogP contribution in [0.5, 0.6) is 0 Å². The fourth-order valence-electron chi connectivity index (χ4n) is 2.68. The van der Waals surface area contributed by atoms with Crippen LogP contribution in [0.2, 0.25) is 0 Å². The number of thiazole rings is 1. The van der Waals surface area contributed by atoms with Gasteiger partial charge in [-0.2, -0.15) is 0 Å². The lowest BCUT2D eigenvalue weighted by molar-refractivity contribution is -0.117. The number of aromatic nitrogens is 1. The molecule has 6 nitrogen and oxygen atoms in total. The highest BCUT2D eigenvalue weighted by Crippen LogP contribution is 2.30. The zero-order valence-electron chi connectivity index (χ0n) is 15.0. The van der Waals surface area contributed by atoms with Crippen LogP contribution >= 0.6 is 11.3 Å². The van der Waals surface area contributed by atoms with Crippen LogP contribution in [0, 0.1) is 0 Å². The number of carbonyl (C=O) groups excluding carboxylic acids is 2. The molecule has 4 rings (SSSR count). The number of hydrogen-bond acceptors (Lipinski definition) is 5. The maximum absolute atomic E-state index is 12.3. The maximum Gasteiger partial charge on any atom is 0.287 e. The van der Waals surface area contributed by atoms with Crippen LogP contribution in [0.1, 0.15) is 17.5 Å². The largest absolute Gasteiger partial charge is 0.459 e. The SMILES string of the molecule is CC(NC(=O)c1ccco1)C(=O)Nc1ccc(-c2nc3ccccc3s2)cc1. The van der Waals surface area contributed by atoms with Crippen LogP contribution in [-0.4, -0.2) is 22.8 Å². The van der Waals surface area contributed by atoms with Crippen LogP contribution in [0.15, 0.2) is 71.3 Å². The summed E-state index contributed by atoms with van der Waals surface area (Å²) in [7, 11) is 0. The van der Waals surface area contributed by atoms with E-state index in [1.807, 2.05) is 48.5 Å². The van der Waals surface area contributed by atoms with Gasteiger partial charge in [0.25, 0.3) is 5.91 Å². The molecule has 0 radical (unpaired) electrons. The van der Waals surface area contributed by atoms with Gasteiger partial charge in [-0.3, -0.25) is 9.59 Å². The van der Waals surface area contributed by atoms with Crippen LogP contribution in [0.25, 0.3) is 20.8 Å². The molecule has 0 aliphatic carbocycles. The monoisotopic (exact) mass is 391 g/mol. The van der Waals surface area contributed by atoms with E-state index in [9.17, 15) is 9.59 Å². The minimum absolute atomic E-state index is 0.167. The first-order valence-corrected chi connectivity index (χ1v) is 9.53. The molecule has 140 valence electrons. The van der Waals surface area contributed by atoms with Gasteiger partial charge in [0.2, 0.25) is 5.91 Å². The summed E-state index contributed by atoms with van der Waals surface area (Å²) in [5.74, 6) is -0.577. The Kier molecular flexibility index (Phi) is 4.90. The summed E-state index contributed by atoms with van der Waals surface area (Å²) >= 11 is 1.63. The van der Waals surface area contributed by atoms with Gasteiger partial charge in [-0.25, -0.2) is 4.98 Å². The predicted octanol–water partition coefficient (Wildman–Crippen LogP) is 4.31. The molecular weight excluding hydrogens is 374 g/mol. The van der Waals surface area contributed by atoms with Crippen LogP contribution < -0.4 is 10.6 Å². The maximum atomic E-state index is 12.3. The zero-order valence-corrected chi connectivity index (χ0v) is 15.8. The van der Waals surface area contributed by atoms with E-state index < -0.39 is 11.9 Å². The molecule has 0 aliphatic heterocycles. The van der Waals surface area contributed by atoms with Crippen molar-refractivity contribution in [1.29, 1.82) is 0 Å². The number of rotatable bonds is 5. The van der Waals surface area contributed by atoms with E-state index in [-0.39, 0.29) is 11.7 Å². The predicted molar refractivity (Wildman–Crippen MR) is 109 cm³/mol. The Balaban J connectivity index is 1.41. The Morgan fingerprint density at radius 2 is 1.82 bits per heavy atom. The van der Waals surface area contributed by atoms with Crippen LogP contribution in [0.3, 0.4) is 0 Å². The Morgan fingerprint density at radius 1 is 1.04 bits per heavy atom. The summed E-state index contributed by atoms with van der Waals surface area (Å²) in [4.78, 5) is 28.9. The molecule has 7 heteroatoms. The smallest absolute Gasteiger partial charge is 0.287 e. The fraction of sp³-hybridized carbons (Fsp3) is 0.0952. The van der Waals surface area contributed by atoms with Crippen LogP contribution in [-0.2, 0) is 4.79 Å². The summed E-state index contributed by atoms with van der Waals surface area (Å²) in [5.41, 5.74) is 2.60. The van der Waals surface area contributed by atoms with E-state index in [1.54, 1.807) is 30.4 Å². The van der Waals surface area contributed by atoms with Gasteiger partial charge in [0.05, 0.1) is 16.5 Å². The molecule has 2 aromatic carbocycles.